The van der Waals surface area contributed by atoms with Crippen LogP contribution in [0.15, 0.2) is 24.3 Å². The molecule has 1 heterocycles. The topological polar surface area (TPSA) is 70.4 Å². The first-order chi connectivity index (χ1) is 14.8. The largest absolute Gasteiger partial charge is 0.478 e. The van der Waals surface area contributed by atoms with E-state index in [0.717, 1.165) is 54.3 Å². The van der Waals surface area contributed by atoms with Crippen molar-refractivity contribution in [3.63, 3.8) is 0 Å². The highest BCUT2D eigenvalue weighted by Crippen LogP contribution is 2.65. The molecule has 164 valence electrons. The van der Waals surface area contributed by atoms with Crippen LogP contribution in [-0.2, 0) is 11.8 Å². The average molecular weight is 420 g/mol. The minimum absolute atomic E-state index is 0.0257. The Hall–Kier alpha value is -1.94. The van der Waals surface area contributed by atoms with E-state index >= 15 is 0 Å². The van der Waals surface area contributed by atoms with E-state index < -0.39 is 5.97 Å². The summed E-state index contributed by atoms with van der Waals surface area (Å²) in [5, 5.41) is 21.2. The molecule has 2 aromatic rings. The number of carbonyl (C=O) groups is 1. The standard InChI is InChI=1S/C27H33NO3/c1-26-11-9-16(29)13-15(26)7-8-17-20(26)10-12-27(2)21(17)14-19-23(25(30)31)18-5-3-4-6-22(18)28-24(19)27/h3-6,15-17,20-21,29H,7-14H2,1-2H3,(H,30,31). The summed E-state index contributed by atoms with van der Waals surface area (Å²) in [4.78, 5) is 17.5. The second-order valence-corrected chi connectivity index (χ2v) is 11.4. The normalized spacial score (nSPS) is 41.2. The van der Waals surface area contributed by atoms with Gasteiger partial charge in [0.15, 0.2) is 0 Å². The van der Waals surface area contributed by atoms with Gasteiger partial charge in [0, 0.05) is 10.8 Å². The van der Waals surface area contributed by atoms with Crippen molar-refractivity contribution in [1.29, 1.82) is 0 Å². The minimum Gasteiger partial charge on any atom is -0.478 e. The van der Waals surface area contributed by atoms with Crippen molar-refractivity contribution in [3.05, 3.63) is 41.1 Å². The van der Waals surface area contributed by atoms with Gasteiger partial charge in [0.05, 0.1) is 22.9 Å². The Labute approximate surface area is 184 Å². The van der Waals surface area contributed by atoms with Crippen LogP contribution in [0.2, 0.25) is 0 Å². The van der Waals surface area contributed by atoms with E-state index in [1.54, 1.807) is 0 Å². The number of pyridine rings is 1. The molecule has 2 N–H and O–H groups in total. The predicted octanol–water partition coefficient (Wildman–Crippen LogP) is 5.35. The zero-order valence-electron chi connectivity index (χ0n) is 18.6. The highest BCUT2D eigenvalue weighted by molar-refractivity contribution is 6.04. The van der Waals surface area contributed by atoms with E-state index in [1.807, 2.05) is 24.3 Å². The van der Waals surface area contributed by atoms with Crippen LogP contribution in [0.1, 0.15) is 80.4 Å². The number of rotatable bonds is 1. The Morgan fingerprint density at radius 2 is 1.87 bits per heavy atom. The SMILES string of the molecule is CC12CCC3C(CCC4CC(O)CCC43C)C1Cc1c2nc2ccccc2c1C(=O)O. The summed E-state index contributed by atoms with van der Waals surface area (Å²) >= 11 is 0. The van der Waals surface area contributed by atoms with E-state index in [4.69, 9.17) is 4.98 Å². The molecule has 4 aliphatic carbocycles. The van der Waals surface area contributed by atoms with Gasteiger partial charge >= 0.3 is 5.97 Å². The fourth-order valence-electron chi connectivity index (χ4n) is 8.61. The Morgan fingerprint density at radius 3 is 2.68 bits per heavy atom. The Morgan fingerprint density at radius 1 is 1.06 bits per heavy atom. The van der Waals surface area contributed by atoms with E-state index in [-0.39, 0.29) is 11.5 Å². The molecule has 0 spiro atoms. The van der Waals surface area contributed by atoms with Crippen molar-refractivity contribution >= 4 is 16.9 Å². The number of fused-ring (bicyclic) bond motifs is 8. The van der Waals surface area contributed by atoms with Gasteiger partial charge in [-0.3, -0.25) is 4.98 Å². The molecule has 4 aliphatic rings. The first-order valence-corrected chi connectivity index (χ1v) is 12.2. The van der Waals surface area contributed by atoms with Crippen LogP contribution in [0.3, 0.4) is 0 Å². The van der Waals surface area contributed by atoms with Gasteiger partial charge in [-0.1, -0.05) is 32.0 Å². The smallest absolute Gasteiger partial charge is 0.336 e. The summed E-state index contributed by atoms with van der Waals surface area (Å²) in [5.74, 6) is 1.63. The molecular formula is C27H33NO3. The molecule has 0 radical (unpaired) electrons. The van der Waals surface area contributed by atoms with Crippen LogP contribution in [0.4, 0.5) is 0 Å². The van der Waals surface area contributed by atoms with Crippen LogP contribution in [0, 0.1) is 29.1 Å². The monoisotopic (exact) mass is 419 g/mol. The summed E-state index contributed by atoms with van der Waals surface area (Å²) < 4.78 is 0. The lowest BCUT2D eigenvalue weighted by atomic mass is 9.45. The number of carboxylic acid groups (broad SMARTS) is 1. The molecule has 0 amide bonds. The van der Waals surface area contributed by atoms with Crippen LogP contribution >= 0.6 is 0 Å². The summed E-state index contributed by atoms with van der Waals surface area (Å²) in [6.07, 6.45) is 8.51. The molecule has 0 bridgehead atoms. The van der Waals surface area contributed by atoms with Crippen LogP contribution in [-0.4, -0.2) is 27.3 Å². The lowest BCUT2D eigenvalue weighted by Crippen LogP contribution is -2.54. The van der Waals surface area contributed by atoms with Crippen molar-refractivity contribution in [3.8, 4) is 0 Å². The van der Waals surface area contributed by atoms with Crippen LogP contribution in [0.5, 0.6) is 0 Å². The Kier molecular flexibility index (Phi) is 4.16. The second kappa shape index (κ2) is 6.54. The van der Waals surface area contributed by atoms with Crippen molar-refractivity contribution in [1.82, 2.24) is 4.98 Å². The molecule has 31 heavy (non-hydrogen) atoms. The number of hydrogen-bond donors (Lipinski definition) is 2. The number of carboxylic acids is 1. The van der Waals surface area contributed by atoms with E-state index in [0.29, 0.717) is 34.7 Å². The third kappa shape index (κ3) is 2.57. The highest BCUT2D eigenvalue weighted by Gasteiger charge is 2.60. The number of para-hydroxylation sites is 1. The molecule has 3 fully saturated rings. The molecule has 0 aliphatic heterocycles. The Balaban J connectivity index is 1.45. The number of hydrogen-bond acceptors (Lipinski definition) is 3. The maximum Gasteiger partial charge on any atom is 0.336 e. The molecule has 4 nitrogen and oxygen atoms in total. The first-order valence-electron chi connectivity index (χ1n) is 12.2. The fourth-order valence-corrected chi connectivity index (χ4v) is 8.61. The fraction of sp³-hybridized carbons (Fsp3) is 0.630. The average Bonchev–Trinajstić information content (AvgIpc) is 3.04. The van der Waals surface area contributed by atoms with Crippen LogP contribution < -0.4 is 0 Å². The number of aliphatic hydroxyl groups excluding tert-OH is 1. The maximum atomic E-state index is 12.4. The quantitative estimate of drug-likeness (QED) is 0.654. The minimum atomic E-state index is -0.814. The molecule has 6 rings (SSSR count). The van der Waals surface area contributed by atoms with Gasteiger partial charge in [0.2, 0.25) is 0 Å². The predicted molar refractivity (Wildman–Crippen MR) is 120 cm³/mol. The van der Waals surface area contributed by atoms with Gasteiger partial charge in [-0.25, -0.2) is 4.79 Å². The summed E-state index contributed by atoms with van der Waals surface area (Å²) in [7, 11) is 0. The summed E-state index contributed by atoms with van der Waals surface area (Å²) in [5.41, 5.74) is 3.69. The molecular weight excluding hydrogens is 386 g/mol. The van der Waals surface area contributed by atoms with Crippen molar-refractivity contribution in [2.75, 3.05) is 0 Å². The van der Waals surface area contributed by atoms with Crippen molar-refractivity contribution in [2.24, 2.45) is 29.1 Å². The number of aliphatic hydroxyl groups is 1. The summed E-state index contributed by atoms with van der Waals surface area (Å²) in [6.45, 7) is 4.87. The highest BCUT2D eigenvalue weighted by atomic mass is 16.4. The van der Waals surface area contributed by atoms with E-state index in [1.165, 1.54) is 19.3 Å². The van der Waals surface area contributed by atoms with Crippen molar-refractivity contribution < 1.29 is 15.0 Å². The van der Waals surface area contributed by atoms with Gasteiger partial charge in [-0.15, -0.1) is 0 Å². The molecule has 7 atom stereocenters. The molecule has 1 aromatic heterocycles. The van der Waals surface area contributed by atoms with Gasteiger partial charge in [-0.2, -0.15) is 0 Å². The van der Waals surface area contributed by atoms with E-state index in [2.05, 4.69) is 13.8 Å². The third-order valence-corrected chi connectivity index (χ3v) is 10.2. The lowest BCUT2D eigenvalue weighted by molar-refractivity contribution is -0.111. The molecule has 3 saturated carbocycles. The zero-order chi connectivity index (χ0) is 21.5. The Bertz CT molecular complexity index is 1080. The third-order valence-electron chi connectivity index (χ3n) is 10.2. The number of benzene rings is 1. The number of aromatic nitrogens is 1. The maximum absolute atomic E-state index is 12.4. The van der Waals surface area contributed by atoms with Gasteiger partial charge in [-0.05, 0) is 92.1 Å². The second-order valence-electron chi connectivity index (χ2n) is 11.4. The van der Waals surface area contributed by atoms with Crippen molar-refractivity contribution in [2.45, 2.75) is 76.7 Å². The van der Waals surface area contributed by atoms with Crippen LogP contribution in [0.25, 0.3) is 10.9 Å². The molecule has 1 aromatic carbocycles. The first kappa shape index (κ1) is 19.7. The van der Waals surface area contributed by atoms with Gasteiger partial charge < -0.3 is 10.2 Å². The molecule has 4 heteroatoms. The lowest BCUT2D eigenvalue weighted by Gasteiger charge is -2.60. The number of aromatic carboxylic acids is 1. The zero-order valence-corrected chi connectivity index (χ0v) is 18.6. The van der Waals surface area contributed by atoms with Gasteiger partial charge in [0.1, 0.15) is 0 Å². The van der Waals surface area contributed by atoms with E-state index in [9.17, 15) is 15.0 Å². The molecule has 0 saturated heterocycles. The van der Waals surface area contributed by atoms with Gasteiger partial charge in [0.25, 0.3) is 0 Å². The number of nitrogens with zero attached hydrogens (tertiary/aromatic N) is 1. The molecule has 7 unspecified atom stereocenters. The summed E-state index contributed by atoms with van der Waals surface area (Å²) in [6, 6.07) is 7.75.